The van der Waals surface area contributed by atoms with E-state index in [1.165, 1.54) is 0 Å². The van der Waals surface area contributed by atoms with E-state index in [2.05, 4.69) is 10.3 Å². The lowest BCUT2D eigenvalue weighted by Crippen LogP contribution is -2.32. The number of nitrogens with zero attached hydrogens (tertiary/aromatic N) is 1. The Morgan fingerprint density at radius 2 is 1.95 bits per heavy atom. The van der Waals surface area contributed by atoms with Gasteiger partial charge < -0.3 is 10.4 Å². The van der Waals surface area contributed by atoms with Gasteiger partial charge in [-0.15, -0.1) is 0 Å². The average Bonchev–Trinajstić information content (AvgIpc) is 2.47. The van der Waals surface area contributed by atoms with Crippen molar-refractivity contribution in [2.45, 2.75) is 26.7 Å². The van der Waals surface area contributed by atoms with Crippen LogP contribution in [-0.2, 0) is 16.0 Å². The summed E-state index contributed by atoms with van der Waals surface area (Å²) < 4.78 is 0. The third kappa shape index (κ3) is 3.81. The monoisotopic (exact) mass is 300 g/mol. The number of nitrogens with one attached hydrogen (secondary N) is 1. The van der Waals surface area contributed by atoms with Gasteiger partial charge in [-0.05, 0) is 31.9 Å². The third-order valence-electron chi connectivity index (χ3n) is 3.72. The van der Waals surface area contributed by atoms with Crippen LogP contribution in [0.5, 0.6) is 0 Å². The molecule has 0 aliphatic carbocycles. The number of aliphatic carboxylic acids is 1. The maximum Gasteiger partial charge on any atom is 0.309 e. The number of hydrogen-bond acceptors (Lipinski definition) is 3. The molecule has 116 valence electrons. The molecule has 2 N–H and O–H groups in total. The van der Waals surface area contributed by atoms with Gasteiger partial charge >= 0.3 is 5.97 Å². The van der Waals surface area contributed by atoms with Crippen molar-refractivity contribution in [3.8, 4) is 0 Å². The molecular formula is C17H20N2O3. The number of hydrogen-bond donors (Lipinski definition) is 2. The first kappa shape index (κ1) is 15.9. The molecule has 2 rings (SSSR count). The van der Waals surface area contributed by atoms with Crippen molar-refractivity contribution in [2.24, 2.45) is 5.41 Å². The van der Waals surface area contributed by atoms with Gasteiger partial charge in [0, 0.05) is 18.1 Å². The zero-order valence-corrected chi connectivity index (χ0v) is 12.8. The summed E-state index contributed by atoms with van der Waals surface area (Å²) in [4.78, 5) is 27.4. The van der Waals surface area contributed by atoms with Crippen LogP contribution < -0.4 is 5.32 Å². The highest BCUT2D eigenvalue weighted by molar-refractivity contribution is 5.87. The number of benzene rings is 1. The molecule has 0 aliphatic heterocycles. The standard InChI is InChI=1S/C17H20N2O3/c1-17(2,16(21)22)8-10-18-14(20)11-13-6-3-5-12-7-4-9-19-15(12)13/h3-7,9H,8,10-11H2,1-2H3,(H,18,20)(H,21,22). The van der Waals surface area contributed by atoms with Gasteiger partial charge in [-0.1, -0.05) is 24.3 Å². The van der Waals surface area contributed by atoms with Crippen molar-refractivity contribution in [3.05, 3.63) is 42.1 Å². The second kappa shape index (κ2) is 6.56. The summed E-state index contributed by atoms with van der Waals surface area (Å²) in [5, 5.41) is 12.8. The van der Waals surface area contributed by atoms with E-state index in [4.69, 9.17) is 5.11 Å². The Morgan fingerprint density at radius 1 is 1.23 bits per heavy atom. The summed E-state index contributed by atoms with van der Waals surface area (Å²) >= 11 is 0. The molecule has 0 saturated carbocycles. The molecule has 0 fully saturated rings. The fourth-order valence-electron chi connectivity index (χ4n) is 2.17. The summed E-state index contributed by atoms with van der Waals surface area (Å²) in [6.45, 7) is 3.64. The summed E-state index contributed by atoms with van der Waals surface area (Å²) in [7, 11) is 0. The first-order valence-corrected chi connectivity index (χ1v) is 7.23. The molecule has 1 aromatic carbocycles. The molecule has 5 nitrogen and oxygen atoms in total. The molecule has 0 radical (unpaired) electrons. The van der Waals surface area contributed by atoms with Gasteiger partial charge in [0.05, 0.1) is 17.4 Å². The van der Waals surface area contributed by atoms with Crippen LogP contribution >= 0.6 is 0 Å². The minimum absolute atomic E-state index is 0.126. The molecule has 0 bridgehead atoms. The van der Waals surface area contributed by atoms with Crippen LogP contribution in [0.25, 0.3) is 10.9 Å². The topological polar surface area (TPSA) is 79.3 Å². The fraction of sp³-hybridized carbons (Fsp3) is 0.353. The number of carbonyl (C=O) groups is 2. The molecule has 0 atom stereocenters. The summed E-state index contributed by atoms with van der Waals surface area (Å²) in [6, 6.07) is 9.56. The Balaban J connectivity index is 1.96. The minimum atomic E-state index is -0.861. The Labute approximate surface area is 129 Å². The molecule has 0 aliphatic rings. The third-order valence-corrected chi connectivity index (χ3v) is 3.72. The Morgan fingerprint density at radius 3 is 2.68 bits per heavy atom. The van der Waals surface area contributed by atoms with E-state index < -0.39 is 11.4 Å². The van der Waals surface area contributed by atoms with Crippen LogP contribution in [0.1, 0.15) is 25.8 Å². The molecule has 2 aromatic rings. The Bertz CT molecular complexity index is 690. The number of fused-ring (bicyclic) bond motifs is 1. The molecular weight excluding hydrogens is 280 g/mol. The van der Waals surface area contributed by atoms with Gasteiger partial charge in [0.2, 0.25) is 5.91 Å². The van der Waals surface area contributed by atoms with Crippen LogP contribution in [-0.4, -0.2) is 28.5 Å². The van der Waals surface area contributed by atoms with Crippen molar-refractivity contribution < 1.29 is 14.7 Å². The van der Waals surface area contributed by atoms with E-state index in [0.717, 1.165) is 16.5 Å². The Hall–Kier alpha value is -2.43. The number of aromatic nitrogens is 1. The van der Waals surface area contributed by atoms with Crippen LogP contribution in [0.3, 0.4) is 0 Å². The molecule has 1 heterocycles. The van der Waals surface area contributed by atoms with Crippen molar-refractivity contribution in [3.63, 3.8) is 0 Å². The van der Waals surface area contributed by atoms with E-state index in [1.54, 1.807) is 20.0 Å². The predicted molar refractivity (Wildman–Crippen MR) is 84.5 cm³/mol. The zero-order valence-electron chi connectivity index (χ0n) is 12.8. The smallest absolute Gasteiger partial charge is 0.309 e. The number of amides is 1. The fourth-order valence-corrected chi connectivity index (χ4v) is 2.17. The van der Waals surface area contributed by atoms with E-state index >= 15 is 0 Å². The van der Waals surface area contributed by atoms with Crippen LogP contribution in [0.15, 0.2) is 36.5 Å². The van der Waals surface area contributed by atoms with Crippen molar-refractivity contribution in [1.29, 1.82) is 0 Å². The average molecular weight is 300 g/mol. The van der Waals surface area contributed by atoms with Crippen molar-refractivity contribution in [2.75, 3.05) is 6.54 Å². The molecule has 0 saturated heterocycles. The van der Waals surface area contributed by atoms with Crippen molar-refractivity contribution >= 4 is 22.8 Å². The minimum Gasteiger partial charge on any atom is -0.481 e. The molecule has 5 heteroatoms. The molecule has 1 amide bonds. The summed E-state index contributed by atoms with van der Waals surface area (Å²) in [5.74, 6) is -0.987. The summed E-state index contributed by atoms with van der Waals surface area (Å²) in [6.07, 6.45) is 2.34. The maximum atomic E-state index is 12.0. The first-order chi connectivity index (χ1) is 10.4. The number of carboxylic acid groups (broad SMARTS) is 1. The number of rotatable bonds is 6. The maximum absolute atomic E-state index is 12.0. The van der Waals surface area contributed by atoms with E-state index in [0.29, 0.717) is 13.0 Å². The molecule has 0 spiro atoms. The van der Waals surface area contributed by atoms with E-state index in [-0.39, 0.29) is 12.3 Å². The highest BCUT2D eigenvalue weighted by atomic mass is 16.4. The lowest BCUT2D eigenvalue weighted by atomic mass is 9.90. The number of carbonyl (C=O) groups excluding carboxylic acids is 1. The SMILES string of the molecule is CC(C)(CCNC(=O)Cc1cccc2cccnc12)C(=O)O. The van der Waals surface area contributed by atoms with Gasteiger partial charge in [0.15, 0.2) is 0 Å². The van der Waals surface area contributed by atoms with Crippen LogP contribution in [0.2, 0.25) is 0 Å². The second-order valence-corrected chi connectivity index (χ2v) is 5.96. The van der Waals surface area contributed by atoms with Gasteiger partial charge in [-0.2, -0.15) is 0 Å². The quantitative estimate of drug-likeness (QED) is 0.858. The molecule has 0 unspecified atom stereocenters. The lowest BCUT2D eigenvalue weighted by molar-refractivity contribution is -0.147. The first-order valence-electron chi connectivity index (χ1n) is 7.23. The van der Waals surface area contributed by atoms with Crippen molar-refractivity contribution in [1.82, 2.24) is 10.3 Å². The highest BCUT2D eigenvalue weighted by Gasteiger charge is 2.26. The normalized spacial score (nSPS) is 11.4. The number of carboxylic acids is 1. The largest absolute Gasteiger partial charge is 0.481 e. The molecule has 22 heavy (non-hydrogen) atoms. The Kier molecular flexibility index (Phi) is 4.75. The van der Waals surface area contributed by atoms with Gasteiger partial charge in [-0.25, -0.2) is 0 Å². The number of para-hydroxylation sites is 1. The van der Waals surface area contributed by atoms with E-state index in [9.17, 15) is 9.59 Å². The number of pyridine rings is 1. The van der Waals surface area contributed by atoms with Crippen LogP contribution in [0, 0.1) is 5.41 Å². The van der Waals surface area contributed by atoms with Gasteiger partial charge in [0.1, 0.15) is 0 Å². The molecule has 1 aromatic heterocycles. The van der Waals surface area contributed by atoms with Gasteiger partial charge in [-0.3, -0.25) is 14.6 Å². The lowest BCUT2D eigenvalue weighted by Gasteiger charge is -2.18. The van der Waals surface area contributed by atoms with Crippen LogP contribution in [0.4, 0.5) is 0 Å². The highest BCUT2D eigenvalue weighted by Crippen LogP contribution is 2.19. The van der Waals surface area contributed by atoms with Gasteiger partial charge in [0.25, 0.3) is 0 Å². The second-order valence-electron chi connectivity index (χ2n) is 5.96. The summed E-state index contributed by atoms with van der Waals surface area (Å²) in [5.41, 5.74) is 0.855. The zero-order chi connectivity index (χ0) is 16.2. The van der Waals surface area contributed by atoms with E-state index in [1.807, 2.05) is 30.3 Å². The predicted octanol–water partition coefficient (Wildman–Crippen LogP) is 2.39.